The van der Waals surface area contributed by atoms with Crippen LogP contribution in [0.1, 0.15) is 15.9 Å². The number of carbonyl (C=O) groups is 1. The summed E-state index contributed by atoms with van der Waals surface area (Å²) in [5.41, 5.74) is 3.01. The Bertz CT molecular complexity index is 798. The third-order valence-electron chi connectivity index (χ3n) is 3.19. The van der Waals surface area contributed by atoms with Gasteiger partial charge in [0.25, 0.3) is 5.91 Å². The lowest BCUT2D eigenvalue weighted by Crippen LogP contribution is -2.12. The number of rotatable bonds is 3. The number of aromatic nitrogens is 3. The highest BCUT2D eigenvalue weighted by atomic mass is 35.5. The van der Waals surface area contributed by atoms with Crippen LogP contribution in [0.15, 0.2) is 55.1 Å². The van der Waals surface area contributed by atoms with Crippen molar-refractivity contribution in [2.75, 3.05) is 5.32 Å². The second kappa shape index (κ2) is 5.99. The molecule has 0 fully saturated rings. The van der Waals surface area contributed by atoms with Crippen molar-refractivity contribution in [3.8, 4) is 5.69 Å². The first-order chi connectivity index (χ1) is 10.6. The van der Waals surface area contributed by atoms with Gasteiger partial charge in [0.2, 0.25) is 0 Å². The van der Waals surface area contributed by atoms with Crippen molar-refractivity contribution >= 4 is 23.2 Å². The fourth-order valence-corrected chi connectivity index (χ4v) is 2.31. The Balaban J connectivity index is 1.77. The van der Waals surface area contributed by atoms with Crippen LogP contribution in [0.5, 0.6) is 0 Å². The molecule has 1 heterocycles. The Labute approximate surface area is 132 Å². The van der Waals surface area contributed by atoms with E-state index < -0.39 is 0 Å². The molecule has 6 heteroatoms. The maximum atomic E-state index is 12.2. The number of anilines is 1. The SMILES string of the molecule is Cc1ccc(NC(=O)c2ccc(-n3cncn3)cc2)c(Cl)c1. The second-order valence-corrected chi connectivity index (χ2v) is 5.23. The number of hydrogen-bond donors (Lipinski definition) is 1. The molecule has 1 amide bonds. The number of benzene rings is 2. The molecule has 110 valence electrons. The maximum Gasteiger partial charge on any atom is 0.255 e. The minimum Gasteiger partial charge on any atom is -0.321 e. The van der Waals surface area contributed by atoms with E-state index in [-0.39, 0.29) is 5.91 Å². The van der Waals surface area contributed by atoms with Gasteiger partial charge in [0.1, 0.15) is 12.7 Å². The number of carbonyl (C=O) groups excluding carboxylic acids is 1. The van der Waals surface area contributed by atoms with Gasteiger partial charge in [-0.25, -0.2) is 9.67 Å². The molecule has 0 atom stereocenters. The average Bonchev–Trinajstić information content (AvgIpc) is 3.04. The molecule has 0 unspecified atom stereocenters. The maximum absolute atomic E-state index is 12.2. The van der Waals surface area contributed by atoms with Gasteiger partial charge >= 0.3 is 0 Å². The minimum absolute atomic E-state index is 0.212. The van der Waals surface area contributed by atoms with Gasteiger partial charge < -0.3 is 5.32 Å². The molecular formula is C16H13ClN4O. The monoisotopic (exact) mass is 312 g/mol. The molecule has 0 radical (unpaired) electrons. The van der Waals surface area contributed by atoms with E-state index in [2.05, 4.69) is 15.4 Å². The number of nitrogens with zero attached hydrogens (tertiary/aromatic N) is 3. The van der Waals surface area contributed by atoms with Gasteiger partial charge in [-0.1, -0.05) is 17.7 Å². The number of aryl methyl sites for hydroxylation is 1. The van der Waals surface area contributed by atoms with E-state index in [9.17, 15) is 4.79 Å². The summed E-state index contributed by atoms with van der Waals surface area (Å²) < 4.78 is 1.62. The van der Waals surface area contributed by atoms with Crippen LogP contribution in [-0.2, 0) is 0 Å². The first kappa shape index (κ1) is 14.3. The van der Waals surface area contributed by atoms with E-state index in [1.165, 1.54) is 6.33 Å². The summed E-state index contributed by atoms with van der Waals surface area (Å²) in [5, 5.41) is 7.36. The highest BCUT2D eigenvalue weighted by Gasteiger charge is 2.09. The molecule has 1 N–H and O–H groups in total. The topological polar surface area (TPSA) is 59.8 Å². The van der Waals surface area contributed by atoms with Gasteiger partial charge in [0, 0.05) is 5.56 Å². The molecule has 0 spiro atoms. The molecule has 0 aliphatic carbocycles. The van der Waals surface area contributed by atoms with Crippen molar-refractivity contribution in [2.45, 2.75) is 6.92 Å². The van der Waals surface area contributed by atoms with Crippen LogP contribution in [0.25, 0.3) is 5.69 Å². The molecule has 0 bridgehead atoms. The third-order valence-corrected chi connectivity index (χ3v) is 3.50. The first-order valence-corrected chi connectivity index (χ1v) is 7.04. The number of halogens is 1. The zero-order valence-corrected chi connectivity index (χ0v) is 12.6. The summed E-state index contributed by atoms with van der Waals surface area (Å²) in [7, 11) is 0. The molecule has 3 rings (SSSR count). The third kappa shape index (κ3) is 2.99. The average molecular weight is 313 g/mol. The zero-order valence-electron chi connectivity index (χ0n) is 11.8. The summed E-state index contributed by atoms with van der Waals surface area (Å²) in [4.78, 5) is 16.1. The van der Waals surface area contributed by atoms with E-state index in [1.807, 2.05) is 19.1 Å². The van der Waals surface area contributed by atoms with Gasteiger partial charge in [0.15, 0.2) is 0 Å². The van der Waals surface area contributed by atoms with Crippen LogP contribution in [-0.4, -0.2) is 20.7 Å². The van der Waals surface area contributed by atoms with Crippen LogP contribution in [0, 0.1) is 6.92 Å². The summed E-state index contributed by atoms with van der Waals surface area (Å²) in [6.45, 7) is 1.94. The molecule has 0 saturated carbocycles. The minimum atomic E-state index is -0.212. The first-order valence-electron chi connectivity index (χ1n) is 6.66. The highest BCUT2D eigenvalue weighted by Crippen LogP contribution is 2.23. The Hall–Kier alpha value is -2.66. The number of hydrogen-bond acceptors (Lipinski definition) is 3. The van der Waals surface area contributed by atoms with Crippen LogP contribution >= 0.6 is 11.6 Å². The highest BCUT2D eigenvalue weighted by molar-refractivity contribution is 6.34. The summed E-state index contributed by atoms with van der Waals surface area (Å²) in [6.07, 6.45) is 3.06. The molecule has 1 aromatic heterocycles. The lowest BCUT2D eigenvalue weighted by molar-refractivity contribution is 0.102. The number of amides is 1. The molecule has 0 aliphatic rings. The Kier molecular flexibility index (Phi) is 3.89. The molecule has 0 saturated heterocycles. The van der Waals surface area contributed by atoms with Crippen LogP contribution in [0.2, 0.25) is 5.02 Å². The normalized spacial score (nSPS) is 10.5. The van der Waals surface area contributed by atoms with Crippen molar-refractivity contribution in [1.82, 2.24) is 14.8 Å². The largest absolute Gasteiger partial charge is 0.321 e. The van der Waals surface area contributed by atoms with Crippen molar-refractivity contribution in [3.05, 3.63) is 71.3 Å². The fraction of sp³-hybridized carbons (Fsp3) is 0.0625. The van der Waals surface area contributed by atoms with Gasteiger partial charge in [0.05, 0.1) is 16.4 Å². The molecule has 2 aromatic carbocycles. The van der Waals surface area contributed by atoms with Crippen LogP contribution < -0.4 is 5.32 Å². The smallest absolute Gasteiger partial charge is 0.255 e. The van der Waals surface area contributed by atoms with Crippen molar-refractivity contribution < 1.29 is 4.79 Å². The van der Waals surface area contributed by atoms with Gasteiger partial charge in [-0.3, -0.25) is 4.79 Å². The van der Waals surface area contributed by atoms with E-state index >= 15 is 0 Å². The second-order valence-electron chi connectivity index (χ2n) is 4.82. The van der Waals surface area contributed by atoms with Crippen LogP contribution in [0.3, 0.4) is 0 Å². The fourth-order valence-electron chi connectivity index (χ4n) is 2.02. The lowest BCUT2D eigenvalue weighted by Gasteiger charge is -2.08. The Morgan fingerprint density at radius 3 is 2.59 bits per heavy atom. The summed E-state index contributed by atoms with van der Waals surface area (Å²) >= 11 is 6.12. The molecule has 5 nitrogen and oxygen atoms in total. The summed E-state index contributed by atoms with van der Waals surface area (Å²) in [6, 6.07) is 12.6. The Morgan fingerprint density at radius 1 is 1.18 bits per heavy atom. The molecular weight excluding hydrogens is 300 g/mol. The van der Waals surface area contributed by atoms with Crippen molar-refractivity contribution in [1.29, 1.82) is 0 Å². The molecule has 0 aliphatic heterocycles. The zero-order chi connectivity index (χ0) is 15.5. The lowest BCUT2D eigenvalue weighted by atomic mass is 10.1. The van der Waals surface area contributed by atoms with Crippen molar-refractivity contribution in [2.24, 2.45) is 0 Å². The quantitative estimate of drug-likeness (QED) is 0.805. The Morgan fingerprint density at radius 2 is 1.95 bits per heavy atom. The van der Waals surface area contributed by atoms with Crippen LogP contribution in [0.4, 0.5) is 5.69 Å². The standard InChI is InChI=1S/C16H13ClN4O/c1-11-2-7-15(14(17)8-11)20-16(22)12-3-5-13(6-4-12)21-10-18-9-19-21/h2-10H,1H3,(H,20,22). The summed E-state index contributed by atoms with van der Waals surface area (Å²) in [5.74, 6) is -0.212. The van der Waals surface area contributed by atoms with E-state index in [0.717, 1.165) is 11.3 Å². The van der Waals surface area contributed by atoms with Gasteiger partial charge in [-0.05, 0) is 48.9 Å². The number of nitrogens with one attached hydrogen (secondary N) is 1. The predicted molar refractivity (Wildman–Crippen MR) is 85.5 cm³/mol. The van der Waals surface area contributed by atoms with Gasteiger partial charge in [-0.15, -0.1) is 0 Å². The van der Waals surface area contributed by atoms with E-state index in [1.54, 1.807) is 41.3 Å². The predicted octanol–water partition coefficient (Wildman–Crippen LogP) is 3.48. The van der Waals surface area contributed by atoms with Crippen molar-refractivity contribution in [3.63, 3.8) is 0 Å². The molecule has 3 aromatic rings. The van der Waals surface area contributed by atoms with E-state index in [4.69, 9.17) is 11.6 Å². The van der Waals surface area contributed by atoms with Gasteiger partial charge in [-0.2, -0.15) is 5.10 Å². The molecule has 22 heavy (non-hydrogen) atoms. The van der Waals surface area contributed by atoms with E-state index in [0.29, 0.717) is 16.3 Å².